The van der Waals surface area contributed by atoms with Gasteiger partial charge in [-0.1, -0.05) is 11.6 Å². The van der Waals surface area contributed by atoms with Crippen molar-refractivity contribution in [3.05, 3.63) is 22.7 Å². The van der Waals surface area contributed by atoms with E-state index in [-0.39, 0.29) is 18.0 Å². The molecule has 0 aliphatic heterocycles. The van der Waals surface area contributed by atoms with Crippen molar-refractivity contribution >= 4 is 11.6 Å². The van der Waals surface area contributed by atoms with Gasteiger partial charge in [0.1, 0.15) is 0 Å². The number of hydrogen-bond acceptors (Lipinski definition) is 4. The lowest BCUT2D eigenvalue weighted by atomic mass is 10.2. The van der Waals surface area contributed by atoms with E-state index < -0.39 is 0 Å². The van der Waals surface area contributed by atoms with Crippen LogP contribution in [0.1, 0.15) is 5.56 Å². The number of rotatable bonds is 3. The van der Waals surface area contributed by atoms with Gasteiger partial charge in [0.25, 0.3) is 0 Å². The predicted octanol–water partition coefficient (Wildman–Crippen LogP) is 1.53. The molecule has 0 heterocycles. The summed E-state index contributed by atoms with van der Waals surface area (Å²) in [5, 5.41) is 18.3. The number of phenols is 1. The summed E-state index contributed by atoms with van der Waals surface area (Å²) in [4.78, 5) is 0. The molecular weight excluding hydrogens is 194 g/mol. The summed E-state index contributed by atoms with van der Waals surface area (Å²) in [6, 6.07) is 2.97. The van der Waals surface area contributed by atoms with Crippen LogP contribution in [-0.4, -0.2) is 17.4 Å². The highest BCUT2D eigenvalue weighted by Crippen LogP contribution is 2.34. The van der Waals surface area contributed by atoms with Gasteiger partial charge in [-0.2, -0.15) is 0 Å². The van der Waals surface area contributed by atoms with Crippen molar-refractivity contribution in [2.24, 2.45) is 0 Å². The van der Waals surface area contributed by atoms with Gasteiger partial charge in [0.05, 0.1) is 13.7 Å². The monoisotopic (exact) mass is 203 g/mol. The van der Waals surface area contributed by atoms with Gasteiger partial charge >= 0.3 is 0 Å². The molecule has 0 unspecified atom stereocenters. The van der Waals surface area contributed by atoms with Gasteiger partial charge in [-0.25, -0.2) is 5.48 Å². The Balaban J connectivity index is 3.18. The fraction of sp³-hybridized carbons (Fsp3) is 0.250. The Bertz CT molecular complexity index is 304. The zero-order valence-corrected chi connectivity index (χ0v) is 7.80. The first kappa shape index (κ1) is 10.1. The summed E-state index contributed by atoms with van der Waals surface area (Å²) in [7, 11) is 1.42. The van der Waals surface area contributed by atoms with Crippen LogP contribution in [0.5, 0.6) is 11.5 Å². The molecule has 0 saturated carbocycles. The van der Waals surface area contributed by atoms with Crippen molar-refractivity contribution in [2.45, 2.75) is 6.54 Å². The molecule has 0 bridgehead atoms. The Morgan fingerprint density at radius 3 is 2.77 bits per heavy atom. The normalized spacial score (nSPS) is 10.1. The van der Waals surface area contributed by atoms with Crippen molar-refractivity contribution in [1.82, 2.24) is 5.48 Å². The van der Waals surface area contributed by atoms with Gasteiger partial charge in [0, 0.05) is 10.6 Å². The number of benzene rings is 1. The maximum atomic E-state index is 9.35. The van der Waals surface area contributed by atoms with Gasteiger partial charge in [-0.05, 0) is 12.1 Å². The highest BCUT2D eigenvalue weighted by atomic mass is 35.5. The molecular formula is C8H10ClNO3. The smallest absolute Gasteiger partial charge is 0.166 e. The lowest BCUT2D eigenvalue weighted by Gasteiger charge is -2.10. The standard InChI is InChI=1S/C8H10ClNO3/c1-13-8-5(4-10-12)6(9)2-3-7(8)11/h2-3,10-12H,4H2,1H3. The number of aromatic hydroxyl groups is 1. The Morgan fingerprint density at radius 2 is 2.23 bits per heavy atom. The van der Waals surface area contributed by atoms with Gasteiger partial charge < -0.3 is 15.1 Å². The second kappa shape index (κ2) is 4.32. The number of phenolic OH excluding ortho intramolecular Hbond substituents is 1. The molecule has 0 saturated heterocycles. The minimum absolute atomic E-state index is 0.00264. The second-order valence-electron chi connectivity index (χ2n) is 2.41. The Hall–Kier alpha value is -0.970. The summed E-state index contributed by atoms with van der Waals surface area (Å²) >= 11 is 5.82. The quantitative estimate of drug-likeness (QED) is 0.652. The van der Waals surface area contributed by atoms with Gasteiger partial charge in [-0.15, -0.1) is 0 Å². The Morgan fingerprint density at radius 1 is 1.54 bits per heavy atom. The average molecular weight is 204 g/mol. The molecule has 13 heavy (non-hydrogen) atoms. The third-order valence-electron chi connectivity index (χ3n) is 1.64. The number of ether oxygens (including phenoxy) is 1. The SMILES string of the molecule is COc1c(O)ccc(Cl)c1CNO. The zero-order chi connectivity index (χ0) is 9.84. The van der Waals surface area contributed by atoms with E-state index in [2.05, 4.69) is 0 Å². The maximum Gasteiger partial charge on any atom is 0.166 e. The molecule has 0 radical (unpaired) electrons. The Labute approximate surface area is 80.7 Å². The number of halogens is 1. The number of methoxy groups -OCH3 is 1. The molecule has 0 aliphatic rings. The van der Waals surface area contributed by atoms with E-state index in [0.29, 0.717) is 10.6 Å². The first-order valence-corrected chi connectivity index (χ1v) is 3.99. The topological polar surface area (TPSA) is 61.7 Å². The van der Waals surface area contributed by atoms with Crippen molar-refractivity contribution in [3.63, 3.8) is 0 Å². The third kappa shape index (κ3) is 2.03. The average Bonchev–Trinajstić information content (AvgIpc) is 2.12. The van der Waals surface area contributed by atoms with Crippen LogP contribution in [0.3, 0.4) is 0 Å². The molecule has 4 nitrogen and oxygen atoms in total. The molecule has 0 spiro atoms. The minimum Gasteiger partial charge on any atom is -0.504 e. The van der Waals surface area contributed by atoms with E-state index >= 15 is 0 Å². The summed E-state index contributed by atoms with van der Waals surface area (Å²) < 4.78 is 4.92. The lowest BCUT2D eigenvalue weighted by Crippen LogP contribution is -2.08. The van der Waals surface area contributed by atoms with E-state index in [1.54, 1.807) is 0 Å². The molecule has 1 aromatic carbocycles. The summed E-state index contributed by atoms with van der Waals surface area (Å²) in [6.07, 6.45) is 0. The zero-order valence-electron chi connectivity index (χ0n) is 7.04. The molecule has 0 aromatic heterocycles. The van der Waals surface area contributed by atoms with Crippen LogP contribution in [-0.2, 0) is 6.54 Å². The molecule has 0 fully saturated rings. The molecule has 0 amide bonds. The molecule has 1 aromatic rings. The van der Waals surface area contributed by atoms with Crippen LogP contribution >= 0.6 is 11.6 Å². The van der Waals surface area contributed by atoms with Crippen LogP contribution < -0.4 is 10.2 Å². The molecule has 0 atom stereocenters. The van der Waals surface area contributed by atoms with Crippen LogP contribution in [0.2, 0.25) is 5.02 Å². The molecule has 5 heteroatoms. The summed E-state index contributed by atoms with van der Waals surface area (Å²) in [6.45, 7) is 0.121. The number of hydroxylamine groups is 1. The fourth-order valence-corrected chi connectivity index (χ4v) is 1.28. The first-order valence-electron chi connectivity index (χ1n) is 3.62. The third-order valence-corrected chi connectivity index (χ3v) is 2.00. The van der Waals surface area contributed by atoms with Crippen molar-refractivity contribution < 1.29 is 15.1 Å². The minimum atomic E-state index is -0.00264. The number of nitrogens with one attached hydrogen (secondary N) is 1. The van der Waals surface area contributed by atoms with Crippen LogP contribution in [0.25, 0.3) is 0 Å². The van der Waals surface area contributed by atoms with Crippen molar-refractivity contribution in [3.8, 4) is 11.5 Å². The Kier molecular flexibility index (Phi) is 3.36. The van der Waals surface area contributed by atoms with Crippen LogP contribution in [0, 0.1) is 0 Å². The highest BCUT2D eigenvalue weighted by molar-refractivity contribution is 6.31. The molecule has 3 N–H and O–H groups in total. The molecule has 1 rings (SSSR count). The highest BCUT2D eigenvalue weighted by Gasteiger charge is 2.11. The fourth-order valence-electron chi connectivity index (χ4n) is 1.06. The number of hydrogen-bond donors (Lipinski definition) is 3. The van der Waals surface area contributed by atoms with Crippen molar-refractivity contribution in [2.75, 3.05) is 7.11 Å². The van der Waals surface area contributed by atoms with Crippen molar-refractivity contribution in [1.29, 1.82) is 0 Å². The van der Waals surface area contributed by atoms with E-state index in [0.717, 1.165) is 0 Å². The predicted molar refractivity (Wildman–Crippen MR) is 48.3 cm³/mol. The van der Waals surface area contributed by atoms with E-state index in [1.165, 1.54) is 19.2 Å². The van der Waals surface area contributed by atoms with Gasteiger partial charge in [0.15, 0.2) is 11.5 Å². The van der Waals surface area contributed by atoms with E-state index in [1.807, 2.05) is 5.48 Å². The summed E-state index contributed by atoms with van der Waals surface area (Å²) in [5.74, 6) is 0.270. The largest absolute Gasteiger partial charge is 0.504 e. The maximum absolute atomic E-state index is 9.35. The van der Waals surface area contributed by atoms with Gasteiger partial charge in [-0.3, -0.25) is 0 Å². The van der Waals surface area contributed by atoms with Gasteiger partial charge in [0.2, 0.25) is 0 Å². The molecule has 72 valence electrons. The van der Waals surface area contributed by atoms with Crippen LogP contribution in [0.15, 0.2) is 12.1 Å². The molecule has 0 aliphatic carbocycles. The van der Waals surface area contributed by atoms with E-state index in [9.17, 15) is 5.11 Å². The summed E-state index contributed by atoms with van der Waals surface area (Å²) in [5.41, 5.74) is 2.47. The van der Waals surface area contributed by atoms with E-state index in [4.69, 9.17) is 21.5 Å². The first-order chi connectivity index (χ1) is 6.20. The second-order valence-corrected chi connectivity index (χ2v) is 2.82. The lowest BCUT2D eigenvalue weighted by molar-refractivity contribution is 0.160. The van der Waals surface area contributed by atoms with Crippen LogP contribution in [0.4, 0.5) is 0 Å².